The average molecular weight is 454 g/mol. The number of fused-ring (bicyclic) bond motifs is 1. The van der Waals surface area contributed by atoms with Gasteiger partial charge in [-0.3, -0.25) is 4.31 Å². The summed E-state index contributed by atoms with van der Waals surface area (Å²) in [7, 11) is -0.466. The number of aryl methyl sites for hydroxylation is 1. The topological polar surface area (TPSA) is 62.3 Å². The van der Waals surface area contributed by atoms with E-state index in [1.165, 1.54) is 19.2 Å². The van der Waals surface area contributed by atoms with Gasteiger partial charge in [0.05, 0.1) is 10.6 Å². The first-order valence-electron chi connectivity index (χ1n) is 10.00. The summed E-state index contributed by atoms with van der Waals surface area (Å²) >= 11 is 0. The van der Waals surface area contributed by atoms with Crippen LogP contribution >= 0.6 is 0 Å². The zero-order chi connectivity index (χ0) is 22.4. The van der Waals surface area contributed by atoms with E-state index < -0.39 is 16.3 Å². The zero-order valence-electron chi connectivity index (χ0n) is 17.6. The highest BCUT2D eigenvalue weighted by molar-refractivity contribution is 7.92. The van der Waals surface area contributed by atoms with Gasteiger partial charge in [-0.05, 0) is 56.8 Å². The Bertz CT molecular complexity index is 1090. The average Bonchev–Trinajstić information content (AvgIpc) is 2.86. The molecule has 2 aromatic rings. The van der Waals surface area contributed by atoms with Crippen LogP contribution < -0.4 is 18.7 Å². The van der Waals surface area contributed by atoms with E-state index in [9.17, 15) is 17.2 Å². The minimum Gasteiger partial charge on any atom is -0.395 e. The highest BCUT2D eigenvalue weighted by Gasteiger charge is 2.44. The van der Waals surface area contributed by atoms with Crippen LogP contribution in [0.15, 0.2) is 41.3 Å². The van der Waals surface area contributed by atoms with Crippen LogP contribution in [0.5, 0.6) is 11.5 Å². The fourth-order valence-corrected chi connectivity index (χ4v) is 5.01. The van der Waals surface area contributed by atoms with Gasteiger partial charge in [-0.1, -0.05) is 6.07 Å². The summed E-state index contributed by atoms with van der Waals surface area (Å²) in [6.07, 6.45) is -2.78. The fourth-order valence-electron chi connectivity index (χ4n) is 3.81. The van der Waals surface area contributed by atoms with E-state index in [2.05, 4.69) is 26.3 Å². The van der Waals surface area contributed by atoms with Crippen LogP contribution in [0.1, 0.15) is 12.0 Å². The molecule has 0 radical (unpaired) electrons. The van der Waals surface area contributed by atoms with Crippen LogP contribution in [-0.2, 0) is 10.0 Å². The van der Waals surface area contributed by atoms with E-state index in [1.54, 1.807) is 6.07 Å². The Hall–Kier alpha value is -2.59. The van der Waals surface area contributed by atoms with Crippen molar-refractivity contribution in [3.05, 3.63) is 42.0 Å². The van der Waals surface area contributed by atoms with Gasteiger partial charge in [0, 0.05) is 38.4 Å². The molecule has 168 valence electrons. The maximum absolute atomic E-state index is 13.3. The van der Waals surface area contributed by atoms with Crippen LogP contribution in [0.4, 0.5) is 20.2 Å². The monoisotopic (exact) mass is 453 g/mol. The highest BCUT2D eigenvalue weighted by atomic mass is 32.2. The number of hydrogen-bond acceptors (Lipinski definition) is 6. The van der Waals surface area contributed by atoms with Crippen molar-refractivity contribution in [1.29, 1.82) is 0 Å². The Kier molecular flexibility index (Phi) is 5.47. The van der Waals surface area contributed by atoms with Crippen molar-refractivity contribution in [2.75, 3.05) is 49.5 Å². The van der Waals surface area contributed by atoms with Crippen molar-refractivity contribution in [3.8, 4) is 11.5 Å². The normalized spacial score (nSPS) is 18.7. The highest BCUT2D eigenvalue weighted by Crippen LogP contribution is 2.42. The molecule has 0 amide bonds. The Balaban J connectivity index is 1.63. The number of likely N-dealkylation sites (N-methyl/N-ethyl adjacent to an activating group) is 1. The molecule has 0 saturated carbocycles. The fraction of sp³-hybridized carbons (Fsp3) is 0.429. The summed E-state index contributed by atoms with van der Waals surface area (Å²) in [4.78, 5) is 4.39. The Morgan fingerprint density at radius 2 is 1.74 bits per heavy atom. The molecule has 0 bridgehead atoms. The van der Waals surface area contributed by atoms with E-state index >= 15 is 0 Å². The van der Waals surface area contributed by atoms with Crippen molar-refractivity contribution in [1.82, 2.24) is 4.90 Å². The van der Waals surface area contributed by atoms with E-state index in [4.69, 9.17) is 0 Å². The maximum Gasteiger partial charge on any atom is 0.586 e. The maximum atomic E-state index is 13.3. The smallest absolute Gasteiger partial charge is 0.395 e. The molecule has 1 saturated heterocycles. The van der Waals surface area contributed by atoms with Gasteiger partial charge in [0.25, 0.3) is 10.0 Å². The number of sulfonamides is 1. The quantitative estimate of drug-likeness (QED) is 0.708. The number of hydrogen-bond donors (Lipinski definition) is 0. The third-order valence-corrected chi connectivity index (χ3v) is 7.43. The van der Waals surface area contributed by atoms with Crippen molar-refractivity contribution in [3.63, 3.8) is 0 Å². The van der Waals surface area contributed by atoms with Gasteiger partial charge in [0.15, 0.2) is 11.5 Å². The van der Waals surface area contributed by atoms with Crippen LogP contribution in [0.3, 0.4) is 0 Å². The van der Waals surface area contributed by atoms with Gasteiger partial charge in [-0.2, -0.15) is 0 Å². The molecule has 0 aliphatic carbocycles. The number of nitrogens with zero attached hydrogens (tertiary/aromatic N) is 3. The van der Waals surface area contributed by atoms with Crippen molar-refractivity contribution in [2.45, 2.75) is 24.5 Å². The van der Waals surface area contributed by atoms with Crippen molar-refractivity contribution >= 4 is 21.4 Å². The largest absolute Gasteiger partial charge is 0.586 e. The van der Waals surface area contributed by atoms with Crippen molar-refractivity contribution < 1.29 is 26.7 Å². The second kappa shape index (κ2) is 7.83. The minimum absolute atomic E-state index is 0.159. The lowest BCUT2D eigenvalue weighted by atomic mass is 10.1. The van der Waals surface area contributed by atoms with Gasteiger partial charge in [-0.15, -0.1) is 8.78 Å². The first kappa shape index (κ1) is 21.6. The molecule has 0 aromatic heterocycles. The SMILES string of the molecule is Cc1ccc(N(C)S(=O)(=O)c2ccc3c(c2)OC(F)(F)O3)cc1N1CCCN(C)CC1. The molecule has 2 aliphatic rings. The Morgan fingerprint density at radius 1 is 1.00 bits per heavy atom. The van der Waals surface area contributed by atoms with Gasteiger partial charge in [0.1, 0.15) is 0 Å². The number of alkyl halides is 2. The molecule has 10 heteroatoms. The molecular formula is C21H25F2N3O4S. The standard InChI is InChI=1S/C21H25F2N3O4S/c1-15-5-6-16(13-18(15)26-10-4-9-24(2)11-12-26)25(3)31(27,28)17-7-8-19-20(14-17)30-21(22,23)29-19/h5-8,13-14H,4,9-12H2,1-3H3. The third kappa shape index (κ3) is 4.27. The molecule has 31 heavy (non-hydrogen) atoms. The summed E-state index contributed by atoms with van der Waals surface area (Å²) in [5, 5.41) is 0. The molecule has 0 N–H and O–H groups in total. The van der Waals surface area contributed by atoms with E-state index in [0.717, 1.165) is 54.2 Å². The van der Waals surface area contributed by atoms with Gasteiger partial charge in [-0.25, -0.2) is 8.42 Å². The third-order valence-electron chi connectivity index (χ3n) is 5.65. The molecule has 1 fully saturated rings. The van der Waals surface area contributed by atoms with Gasteiger partial charge < -0.3 is 19.3 Å². The van der Waals surface area contributed by atoms with Crippen LogP contribution in [0.25, 0.3) is 0 Å². The lowest BCUT2D eigenvalue weighted by Crippen LogP contribution is -2.30. The summed E-state index contributed by atoms with van der Waals surface area (Å²) < 4.78 is 62.8. The summed E-state index contributed by atoms with van der Waals surface area (Å²) in [6.45, 7) is 5.70. The number of ether oxygens (including phenoxy) is 2. The van der Waals surface area contributed by atoms with Gasteiger partial charge in [0.2, 0.25) is 0 Å². The second-order valence-electron chi connectivity index (χ2n) is 7.86. The summed E-state index contributed by atoms with van der Waals surface area (Å²) in [6, 6.07) is 8.95. The second-order valence-corrected chi connectivity index (χ2v) is 9.83. The minimum atomic E-state index is -4.00. The van der Waals surface area contributed by atoms with Crippen LogP contribution in [-0.4, -0.2) is 59.9 Å². The first-order chi connectivity index (χ1) is 14.6. The van der Waals surface area contributed by atoms with Crippen LogP contribution in [0.2, 0.25) is 0 Å². The van der Waals surface area contributed by atoms with E-state index in [-0.39, 0.29) is 16.4 Å². The van der Waals surface area contributed by atoms with Gasteiger partial charge >= 0.3 is 6.29 Å². The molecule has 0 atom stereocenters. The molecule has 2 heterocycles. The Morgan fingerprint density at radius 3 is 2.52 bits per heavy atom. The zero-order valence-corrected chi connectivity index (χ0v) is 18.5. The number of rotatable bonds is 4. The predicted octanol–water partition coefficient (Wildman–Crippen LogP) is 3.28. The number of anilines is 2. The molecule has 7 nitrogen and oxygen atoms in total. The summed E-state index contributed by atoms with van der Waals surface area (Å²) in [5.41, 5.74) is 2.53. The summed E-state index contributed by atoms with van der Waals surface area (Å²) in [5.74, 6) is -0.506. The Labute approximate surface area is 180 Å². The number of halogens is 2. The predicted molar refractivity (Wildman–Crippen MR) is 114 cm³/mol. The van der Waals surface area contributed by atoms with E-state index in [1.807, 2.05) is 19.1 Å². The molecule has 2 aromatic carbocycles. The molecule has 2 aliphatic heterocycles. The first-order valence-corrected chi connectivity index (χ1v) is 11.4. The van der Waals surface area contributed by atoms with Crippen molar-refractivity contribution in [2.24, 2.45) is 0 Å². The molecule has 0 spiro atoms. The lowest BCUT2D eigenvalue weighted by Gasteiger charge is -2.27. The van der Waals surface area contributed by atoms with Crippen LogP contribution in [0, 0.1) is 6.92 Å². The lowest BCUT2D eigenvalue weighted by molar-refractivity contribution is -0.286. The molecular weight excluding hydrogens is 428 g/mol. The molecule has 4 rings (SSSR count). The number of benzene rings is 2. The molecule has 0 unspecified atom stereocenters. The van der Waals surface area contributed by atoms with E-state index in [0.29, 0.717) is 5.69 Å².